The van der Waals surface area contributed by atoms with Crippen molar-refractivity contribution in [2.45, 2.75) is 6.10 Å². The Morgan fingerprint density at radius 1 is 1.67 bits per heavy atom. The molecule has 0 fully saturated rings. The average Bonchev–Trinajstić information content (AvgIpc) is 1.84. The quantitative estimate of drug-likeness (QED) is 0.273. The maximum atomic E-state index is 9.80. The number of hydrogen-bond donors (Lipinski definition) is 3. The first kappa shape index (κ1) is 7.93. The van der Waals surface area contributed by atoms with Crippen LogP contribution in [0.1, 0.15) is 0 Å². The van der Waals surface area contributed by atoms with Gasteiger partial charge < -0.3 is 15.1 Å². The molecule has 0 unspecified atom stereocenters. The van der Waals surface area contributed by atoms with E-state index < -0.39 is 17.8 Å². The van der Waals surface area contributed by atoms with Crippen LogP contribution in [0.4, 0.5) is 0 Å². The zero-order chi connectivity index (χ0) is 7.44. The van der Waals surface area contributed by atoms with E-state index in [1.807, 2.05) is 0 Å². The number of hydrogen-bond acceptors (Lipinski definition) is 4. The van der Waals surface area contributed by atoms with Crippen LogP contribution in [0.2, 0.25) is 0 Å². The van der Waals surface area contributed by atoms with Gasteiger partial charge in [-0.1, -0.05) is 6.58 Å². The van der Waals surface area contributed by atoms with E-state index in [1.54, 1.807) is 0 Å². The molecule has 0 amide bonds. The zero-order valence-electron chi connectivity index (χ0n) is 4.44. The summed E-state index contributed by atoms with van der Waals surface area (Å²) in [6.07, 6.45) is -1.87. The molecule has 0 aliphatic carbocycles. The molecule has 0 saturated carbocycles. The van der Waals surface area contributed by atoms with E-state index in [2.05, 4.69) is 11.5 Å². The van der Waals surface area contributed by atoms with Gasteiger partial charge in [0.25, 0.3) is 0 Å². The van der Waals surface area contributed by atoms with Crippen molar-refractivity contribution in [3.63, 3.8) is 0 Å². The summed E-state index contributed by atoms with van der Waals surface area (Å²) in [7, 11) is 0. The highest BCUT2D eigenvalue weighted by molar-refractivity contribution is 5.74. The van der Waals surface area contributed by atoms with Crippen LogP contribution in [0.25, 0.3) is 0 Å². The largest absolute Gasteiger partial charge is 0.479 e. The summed E-state index contributed by atoms with van der Waals surface area (Å²) < 4.78 is 0. The van der Waals surface area contributed by atoms with Crippen LogP contribution in [-0.4, -0.2) is 27.5 Å². The van der Waals surface area contributed by atoms with Crippen LogP contribution in [0.5, 0.6) is 0 Å². The molecule has 9 heavy (non-hydrogen) atoms. The third-order valence-electron chi connectivity index (χ3n) is 0.656. The Balaban J connectivity index is 3.88. The predicted octanol–water partition coefficient (Wildman–Crippen LogP) is -0.565. The fraction of sp³-hybridized carbons (Fsp3) is 0.250. The van der Waals surface area contributed by atoms with Crippen molar-refractivity contribution in [1.82, 2.24) is 0 Å². The molecule has 0 aromatic rings. The van der Waals surface area contributed by atoms with E-state index in [9.17, 15) is 4.79 Å². The molecule has 0 bridgehead atoms. The minimum Gasteiger partial charge on any atom is -0.479 e. The summed E-state index contributed by atoms with van der Waals surface area (Å²) >= 11 is 0. The number of aliphatic hydroxyl groups excluding tert-OH is 1. The number of rotatable bonds is 3. The maximum Gasteiger partial charge on any atom is 0.340 e. The summed E-state index contributed by atoms with van der Waals surface area (Å²) in [5, 5.41) is 24.1. The van der Waals surface area contributed by atoms with Crippen LogP contribution >= 0.6 is 0 Å². The van der Waals surface area contributed by atoms with Crippen molar-refractivity contribution < 1.29 is 25.2 Å². The molecule has 0 aliphatic rings. The lowest BCUT2D eigenvalue weighted by Gasteiger charge is -2.02. The Morgan fingerprint density at radius 3 is 2.22 bits per heavy atom. The highest BCUT2D eigenvalue weighted by Gasteiger charge is 2.18. The van der Waals surface area contributed by atoms with Crippen molar-refractivity contribution in [2.75, 3.05) is 0 Å². The standard InChI is InChI=1S/C4H6O5/c1-2(9-8)3(5)4(6)7/h3,5,8H,1H2,(H,6,7)/t3-/m0/s1. The van der Waals surface area contributed by atoms with E-state index in [0.29, 0.717) is 0 Å². The van der Waals surface area contributed by atoms with Crippen molar-refractivity contribution in [3.05, 3.63) is 12.3 Å². The molecule has 5 nitrogen and oxygen atoms in total. The van der Waals surface area contributed by atoms with Gasteiger partial charge in [-0.25, -0.2) is 10.1 Å². The smallest absolute Gasteiger partial charge is 0.340 e. The molecule has 0 rings (SSSR count). The molecule has 5 heteroatoms. The first-order valence-corrected chi connectivity index (χ1v) is 2.00. The van der Waals surface area contributed by atoms with Gasteiger partial charge in [-0.15, -0.1) is 0 Å². The molecule has 0 saturated heterocycles. The summed E-state index contributed by atoms with van der Waals surface area (Å²) in [5.74, 6) is -2.13. The average molecular weight is 134 g/mol. The van der Waals surface area contributed by atoms with Crippen molar-refractivity contribution in [2.24, 2.45) is 0 Å². The number of aliphatic hydroxyl groups is 1. The third kappa shape index (κ3) is 2.11. The summed E-state index contributed by atoms with van der Waals surface area (Å²) in [6.45, 7) is 2.89. The lowest BCUT2D eigenvalue weighted by molar-refractivity contribution is -0.217. The Morgan fingerprint density at radius 2 is 2.11 bits per heavy atom. The van der Waals surface area contributed by atoms with Gasteiger partial charge in [-0.05, 0) is 0 Å². The summed E-state index contributed by atoms with van der Waals surface area (Å²) in [6, 6.07) is 0. The number of carboxylic acid groups (broad SMARTS) is 1. The molecular weight excluding hydrogens is 128 g/mol. The van der Waals surface area contributed by atoms with Crippen LogP contribution in [0, 0.1) is 0 Å². The second-order valence-corrected chi connectivity index (χ2v) is 1.30. The Hall–Kier alpha value is -1.07. The fourth-order valence-electron chi connectivity index (χ4n) is 0.188. The zero-order valence-corrected chi connectivity index (χ0v) is 4.44. The van der Waals surface area contributed by atoms with Crippen molar-refractivity contribution >= 4 is 5.97 Å². The first-order valence-electron chi connectivity index (χ1n) is 2.00. The van der Waals surface area contributed by atoms with E-state index in [1.165, 1.54) is 0 Å². The molecule has 0 aromatic heterocycles. The Kier molecular flexibility index (Phi) is 2.69. The van der Waals surface area contributed by atoms with Crippen molar-refractivity contribution in [1.29, 1.82) is 0 Å². The van der Waals surface area contributed by atoms with Gasteiger partial charge >= 0.3 is 5.97 Å². The molecule has 0 aliphatic heterocycles. The van der Waals surface area contributed by atoms with Gasteiger partial charge in [0.05, 0.1) is 0 Å². The number of aliphatic carboxylic acids is 1. The van der Waals surface area contributed by atoms with Gasteiger partial charge in [-0.3, -0.25) is 0 Å². The van der Waals surface area contributed by atoms with E-state index >= 15 is 0 Å². The highest BCUT2D eigenvalue weighted by Crippen LogP contribution is 1.97. The molecule has 52 valence electrons. The number of carboxylic acids is 1. The van der Waals surface area contributed by atoms with Gasteiger partial charge in [-0.2, -0.15) is 0 Å². The molecule has 0 heterocycles. The van der Waals surface area contributed by atoms with Gasteiger partial charge in [0, 0.05) is 0 Å². The topological polar surface area (TPSA) is 87.0 Å². The van der Waals surface area contributed by atoms with E-state index in [-0.39, 0.29) is 0 Å². The van der Waals surface area contributed by atoms with Crippen LogP contribution in [0.15, 0.2) is 12.3 Å². The summed E-state index contributed by atoms with van der Waals surface area (Å²) in [5.41, 5.74) is 0. The first-order chi connectivity index (χ1) is 4.09. The Labute approximate surface area is 50.7 Å². The molecule has 0 radical (unpaired) electrons. The molecule has 1 atom stereocenters. The van der Waals surface area contributed by atoms with Gasteiger partial charge in [0.2, 0.25) is 6.10 Å². The van der Waals surface area contributed by atoms with Crippen LogP contribution in [0.3, 0.4) is 0 Å². The molecular formula is C4H6O5. The van der Waals surface area contributed by atoms with Crippen molar-refractivity contribution in [3.8, 4) is 0 Å². The number of carbonyl (C=O) groups is 1. The molecule has 0 spiro atoms. The summed E-state index contributed by atoms with van der Waals surface area (Å²) in [4.78, 5) is 13.1. The van der Waals surface area contributed by atoms with Crippen LogP contribution < -0.4 is 0 Å². The SMILES string of the molecule is C=C(OO)[C@H](O)C(=O)O. The predicted molar refractivity (Wildman–Crippen MR) is 26.5 cm³/mol. The van der Waals surface area contributed by atoms with Crippen LogP contribution in [-0.2, 0) is 9.68 Å². The minimum atomic E-state index is -1.87. The lowest BCUT2D eigenvalue weighted by Crippen LogP contribution is -2.22. The fourth-order valence-corrected chi connectivity index (χ4v) is 0.188. The second-order valence-electron chi connectivity index (χ2n) is 1.30. The third-order valence-corrected chi connectivity index (χ3v) is 0.656. The maximum absolute atomic E-state index is 9.80. The van der Waals surface area contributed by atoms with E-state index in [4.69, 9.17) is 15.5 Å². The second kappa shape index (κ2) is 3.06. The minimum absolute atomic E-state index is 0.609. The Bertz CT molecular complexity index is 129. The monoisotopic (exact) mass is 134 g/mol. The van der Waals surface area contributed by atoms with Gasteiger partial charge in [0.1, 0.15) is 0 Å². The highest BCUT2D eigenvalue weighted by atomic mass is 17.1. The normalized spacial score (nSPS) is 12.2. The molecule has 0 aromatic carbocycles. The lowest BCUT2D eigenvalue weighted by atomic mass is 10.3. The van der Waals surface area contributed by atoms with Gasteiger partial charge in [0.15, 0.2) is 5.76 Å². The van der Waals surface area contributed by atoms with E-state index in [0.717, 1.165) is 0 Å². The molecule has 3 N–H and O–H groups in total.